The van der Waals surface area contributed by atoms with Crippen molar-refractivity contribution < 1.29 is 33.1 Å². The first kappa shape index (κ1) is 41.1. The molecule has 2 fully saturated rings. The molecule has 5 aromatic rings. The number of amides is 4. The molecule has 2 aliphatic heterocycles. The fraction of sp³-hybridized carbons (Fsp3) is 0.455. The van der Waals surface area contributed by atoms with E-state index in [9.17, 15) is 19.2 Å². The van der Waals surface area contributed by atoms with Crippen LogP contribution in [0.5, 0.6) is 0 Å². The summed E-state index contributed by atoms with van der Waals surface area (Å²) in [6, 6.07) is 14.3. The Kier molecular flexibility index (Phi) is 12.4. The minimum atomic E-state index is -0.686. The SMILES string of the molecule is CCC(C)[C@H](NC(=O)OC)C(=O)N1CCC[C@H]1c1ncc(-c2ccc3oc(-c4ccc(-c5cnc([C@@H]6CCCN6C(=O)C(NC(=O)OC)[C@H](C)CC)[nH]5)cc4)cc3c2)[nH]1. The molecule has 2 aromatic carbocycles. The Morgan fingerprint density at radius 3 is 1.69 bits per heavy atom. The molecule has 0 bridgehead atoms. The number of furan rings is 1. The predicted molar refractivity (Wildman–Crippen MR) is 222 cm³/mol. The van der Waals surface area contributed by atoms with Gasteiger partial charge in [-0.3, -0.25) is 9.59 Å². The summed E-state index contributed by atoms with van der Waals surface area (Å²) < 4.78 is 15.9. The maximum absolute atomic E-state index is 13.7. The van der Waals surface area contributed by atoms with E-state index in [2.05, 4.69) is 26.7 Å². The molecular formula is C44H54N8O7. The van der Waals surface area contributed by atoms with E-state index < -0.39 is 24.3 Å². The van der Waals surface area contributed by atoms with Gasteiger partial charge in [0.25, 0.3) is 0 Å². The lowest BCUT2D eigenvalue weighted by Crippen LogP contribution is -2.51. The van der Waals surface area contributed by atoms with E-state index >= 15 is 0 Å². The number of fused-ring (bicyclic) bond motifs is 1. The number of hydrogen-bond acceptors (Lipinski definition) is 9. The summed E-state index contributed by atoms with van der Waals surface area (Å²) >= 11 is 0. The van der Waals surface area contributed by atoms with Crippen LogP contribution < -0.4 is 10.6 Å². The first-order valence-electron chi connectivity index (χ1n) is 20.6. The van der Waals surface area contributed by atoms with Crippen LogP contribution in [-0.2, 0) is 19.1 Å². The lowest BCUT2D eigenvalue weighted by molar-refractivity contribution is -0.136. The van der Waals surface area contributed by atoms with Crippen LogP contribution in [0.1, 0.15) is 90.0 Å². The van der Waals surface area contributed by atoms with Crippen molar-refractivity contribution in [3.05, 3.63) is 72.6 Å². The van der Waals surface area contributed by atoms with Gasteiger partial charge in [-0.25, -0.2) is 19.6 Å². The van der Waals surface area contributed by atoms with E-state index in [0.717, 1.165) is 83.3 Å². The number of H-pyrrole nitrogens is 2. The second-order valence-corrected chi connectivity index (χ2v) is 15.7. The molecular weight excluding hydrogens is 753 g/mol. The van der Waals surface area contributed by atoms with Crippen molar-refractivity contribution in [1.82, 2.24) is 40.4 Å². The Hall–Kier alpha value is -6.12. The number of benzene rings is 2. The number of imidazole rings is 2. The second-order valence-electron chi connectivity index (χ2n) is 15.7. The number of likely N-dealkylation sites (tertiary alicyclic amines) is 2. The zero-order chi connectivity index (χ0) is 41.8. The summed E-state index contributed by atoms with van der Waals surface area (Å²) in [4.78, 5) is 71.6. The molecule has 0 radical (unpaired) electrons. The molecule has 5 heterocycles. The van der Waals surface area contributed by atoms with E-state index in [1.165, 1.54) is 14.2 Å². The number of rotatable bonds is 13. The van der Waals surface area contributed by atoms with Crippen LogP contribution >= 0.6 is 0 Å². The molecule has 15 heteroatoms. The van der Waals surface area contributed by atoms with Gasteiger partial charge < -0.3 is 44.3 Å². The van der Waals surface area contributed by atoms with Crippen molar-refractivity contribution in [2.45, 2.75) is 90.4 Å². The number of methoxy groups -OCH3 is 2. The minimum Gasteiger partial charge on any atom is -0.456 e. The van der Waals surface area contributed by atoms with Gasteiger partial charge in [-0.15, -0.1) is 0 Å². The smallest absolute Gasteiger partial charge is 0.407 e. The van der Waals surface area contributed by atoms with Crippen LogP contribution in [0.4, 0.5) is 9.59 Å². The molecule has 0 saturated carbocycles. The molecule has 6 atom stereocenters. The van der Waals surface area contributed by atoms with Gasteiger partial charge in [0.1, 0.15) is 35.1 Å². The maximum Gasteiger partial charge on any atom is 0.407 e. The van der Waals surface area contributed by atoms with Gasteiger partial charge in [-0.05, 0) is 67.3 Å². The monoisotopic (exact) mass is 806 g/mol. The Morgan fingerprint density at radius 2 is 1.20 bits per heavy atom. The van der Waals surface area contributed by atoms with Gasteiger partial charge in [-0.1, -0.05) is 64.8 Å². The molecule has 3 aromatic heterocycles. The van der Waals surface area contributed by atoms with Crippen molar-refractivity contribution in [3.63, 3.8) is 0 Å². The highest BCUT2D eigenvalue weighted by Crippen LogP contribution is 2.36. The normalized spacial score (nSPS) is 18.7. The van der Waals surface area contributed by atoms with Crippen LogP contribution in [-0.4, -0.2) is 93.1 Å². The third-order valence-electron chi connectivity index (χ3n) is 12.1. The first-order valence-corrected chi connectivity index (χ1v) is 20.6. The van der Waals surface area contributed by atoms with Gasteiger partial charge in [0, 0.05) is 29.6 Å². The highest BCUT2D eigenvalue weighted by Gasteiger charge is 2.39. The number of hydrogen-bond donors (Lipinski definition) is 4. The molecule has 7 rings (SSSR count). The quantitative estimate of drug-likeness (QED) is 0.0923. The van der Waals surface area contributed by atoms with E-state index in [1.807, 2.05) is 80.0 Å². The van der Waals surface area contributed by atoms with E-state index in [0.29, 0.717) is 24.7 Å². The highest BCUT2D eigenvalue weighted by atomic mass is 16.5. The van der Waals surface area contributed by atoms with Crippen LogP contribution in [0.2, 0.25) is 0 Å². The van der Waals surface area contributed by atoms with E-state index in [1.54, 1.807) is 12.4 Å². The summed E-state index contributed by atoms with van der Waals surface area (Å²) in [6.45, 7) is 9.07. The van der Waals surface area contributed by atoms with Gasteiger partial charge in [0.05, 0.1) is 50.1 Å². The average Bonchev–Trinajstić information content (AvgIpc) is 4.12. The van der Waals surface area contributed by atoms with Crippen molar-refractivity contribution in [3.8, 4) is 33.8 Å². The lowest BCUT2D eigenvalue weighted by atomic mass is 9.97. The second kappa shape index (κ2) is 17.8. The number of nitrogens with zero attached hydrogens (tertiary/aromatic N) is 4. The fourth-order valence-electron chi connectivity index (χ4n) is 8.20. The van der Waals surface area contributed by atoms with E-state index in [4.69, 9.17) is 23.9 Å². The number of alkyl carbamates (subject to hydrolysis) is 2. The lowest BCUT2D eigenvalue weighted by Gasteiger charge is -2.30. The van der Waals surface area contributed by atoms with Gasteiger partial charge in [-0.2, -0.15) is 0 Å². The number of carbonyl (C=O) groups excluding carboxylic acids is 4. The Morgan fingerprint density at radius 1 is 0.729 bits per heavy atom. The number of carbonyl (C=O) groups is 4. The molecule has 2 saturated heterocycles. The third kappa shape index (κ3) is 8.55. The summed E-state index contributed by atoms with van der Waals surface area (Å²) in [5.74, 6) is 1.76. The van der Waals surface area contributed by atoms with Crippen LogP contribution in [0, 0.1) is 11.8 Å². The highest BCUT2D eigenvalue weighted by molar-refractivity contribution is 5.88. The first-order chi connectivity index (χ1) is 28.5. The van der Waals surface area contributed by atoms with Crippen molar-refractivity contribution in [2.75, 3.05) is 27.3 Å². The third-order valence-corrected chi connectivity index (χ3v) is 12.1. The molecule has 4 N–H and O–H groups in total. The standard InChI is InChI=1S/C44H54N8O7/c1-7-25(3)37(49-43(55)57-5)41(53)51-19-9-11-33(51)39-45-23-31(47-39)27-13-15-28(16-14-27)36-22-30-21-29(17-18-35(30)59-36)32-24-46-40(48-32)34-12-10-20-52(34)42(54)38(26(4)8-2)50-44(56)58-6/h13-18,21-26,33-34,37-38H,7-12,19-20H2,1-6H3,(H,45,47)(H,46,48)(H,49,55)(H,50,56)/t25-,26?,33+,34+,37?,38+/m1/s1. The average molecular weight is 807 g/mol. The zero-order valence-electron chi connectivity index (χ0n) is 34.5. The molecule has 0 spiro atoms. The predicted octanol–water partition coefficient (Wildman–Crippen LogP) is 7.75. The maximum atomic E-state index is 13.7. The van der Waals surface area contributed by atoms with Gasteiger partial charge in [0.15, 0.2) is 0 Å². The fourth-order valence-corrected chi connectivity index (χ4v) is 8.20. The van der Waals surface area contributed by atoms with Gasteiger partial charge >= 0.3 is 12.2 Å². The molecule has 0 aliphatic carbocycles. The van der Waals surface area contributed by atoms with Crippen LogP contribution in [0.15, 0.2) is 65.3 Å². The molecule has 2 unspecified atom stereocenters. The van der Waals surface area contributed by atoms with Crippen molar-refractivity contribution >= 4 is 35.0 Å². The van der Waals surface area contributed by atoms with Crippen LogP contribution in [0.25, 0.3) is 44.8 Å². The van der Waals surface area contributed by atoms with Crippen LogP contribution in [0.3, 0.4) is 0 Å². The Bertz CT molecular complexity index is 2280. The Balaban J connectivity index is 1.03. The van der Waals surface area contributed by atoms with Crippen molar-refractivity contribution in [2.24, 2.45) is 11.8 Å². The summed E-state index contributed by atoms with van der Waals surface area (Å²) in [6.07, 6.45) is 7.03. The van der Waals surface area contributed by atoms with E-state index in [-0.39, 0.29) is 35.7 Å². The largest absolute Gasteiger partial charge is 0.456 e. The number of nitrogens with one attached hydrogen (secondary N) is 4. The van der Waals surface area contributed by atoms with Crippen molar-refractivity contribution in [1.29, 1.82) is 0 Å². The summed E-state index contributed by atoms with van der Waals surface area (Å²) in [5.41, 5.74) is 5.22. The molecule has 4 amide bonds. The molecule has 312 valence electrons. The Labute approximate surface area is 343 Å². The molecule has 15 nitrogen and oxygen atoms in total. The minimum absolute atomic E-state index is 0.0618. The topological polar surface area (TPSA) is 188 Å². The molecule has 2 aliphatic rings. The van der Waals surface area contributed by atoms with Gasteiger partial charge in [0.2, 0.25) is 11.8 Å². The molecule has 59 heavy (non-hydrogen) atoms. The number of aromatic nitrogens is 4. The summed E-state index contributed by atoms with van der Waals surface area (Å²) in [5, 5.41) is 6.43. The summed E-state index contributed by atoms with van der Waals surface area (Å²) in [7, 11) is 2.59. The zero-order valence-corrected chi connectivity index (χ0v) is 34.5. The number of aromatic amines is 2. The number of ether oxygens (including phenoxy) is 2.